The first-order valence-corrected chi connectivity index (χ1v) is 6.31. The van der Waals surface area contributed by atoms with E-state index in [0.717, 1.165) is 6.54 Å². The second-order valence-electron chi connectivity index (χ2n) is 5.57. The van der Waals surface area contributed by atoms with Crippen molar-refractivity contribution in [3.63, 3.8) is 0 Å². The van der Waals surface area contributed by atoms with Crippen molar-refractivity contribution in [2.45, 2.75) is 45.6 Å². The third-order valence-electron chi connectivity index (χ3n) is 3.87. The average Bonchev–Trinajstić information content (AvgIpc) is 2.85. The molecule has 3 nitrogen and oxygen atoms in total. The molecule has 2 rings (SSSR count). The molecule has 16 heavy (non-hydrogen) atoms. The average molecular weight is 221 g/mol. The van der Waals surface area contributed by atoms with Crippen LogP contribution in [0.3, 0.4) is 0 Å². The lowest BCUT2D eigenvalue weighted by Gasteiger charge is -2.26. The number of nitrogens with one attached hydrogen (secondary N) is 1. The van der Waals surface area contributed by atoms with Gasteiger partial charge in [0.05, 0.1) is 6.20 Å². The number of rotatable bonds is 4. The first-order chi connectivity index (χ1) is 7.59. The molecular weight excluding hydrogens is 198 g/mol. The van der Waals surface area contributed by atoms with Gasteiger partial charge in [0.1, 0.15) is 0 Å². The molecule has 0 aromatic carbocycles. The predicted molar refractivity (Wildman–Crippen MR) is 66.2 cm³/mol. The van der Waals surface area contributed by atoms with Gasteiger partial charge in [0.25, 0.3) is 0 Å². The molecule has 1 aromatic rings. The Labute approximate surface area is 98.2 Å². The normalized spacial score (nSPS) is 21.2. The Bertz CT molecular complexity index is 337. The minimum atomic E-state index is 0.408. The molecule has 1 aromatic heterocycles. The van der Waals surface area contributed by atoms with Gasteiger partial charge in [0.2, 0.25) is 0 Å². The van der Waals surface area contributed by atoms with Crippen molar-refractivity contribution in [3.05, 3.63) is 18.0 Å². The zero-order valence-electron chi connectivity index (χ0n) is 10.7. The van der Waals surface area contributed by atoms with E-state index in [0.29, 0.717) is 11.5 Å². The van der Waals surface area contributed by atoms with Crippen LogP contribution in [0.5, 0.6) is 0 Å². The van der Waals surface area contributed by atoms with Crippen LogP contribution in [0.15, 0.2) is 12.4 Å². The molecule has 1 aliphatic rings. The summed E-state index contributed by atoms with van der Waals surface area (Å²) < 4.78 is 1.87. The van der Waals surface area contributed by atoms with E-state index in [-0.39, 0.29) is 0 Å². The highest BCUT2D eigenvalue weighted by molar-refractivity contribution is 5.09. The predicted octanol–water partition coefficient (Wildman–Crippen LogP) is 2.65. The fourth-order valence-corrected chi connectivity index (χ4v) is 2.59. The number of nitrogens with zero attached hydrogens (tertiary/aromatic N) is 2. The zero-order chi connectivity index (χ0) is 11.6. The van der Waals surface area contributed by atoms with E-state index in [1.165, 1.54) is 31.2 Å². The van der Waals surface area contributed by atoms with Crippen molar-refractivity contribution < 1.29 is 0 Å². The lowest BCUT2D eigenvalue weighted by atomic mass is 9.88. The molecule has 0 spiro atoms. The smallest absolute Gasteiger partial charge is 0.0537 e. The molecule has 90 valence electrons. The van der Waals surface area contributed by atoms with Crippen LogP contribution in [-0.2, 0) is 7.05 Å². The van der Waals surface area contributed by atoms with E-state index in [1.54, 1.807) is 0 Å². The third kappa shape index (κ3) is 2.64. The standard InChI is InChI=1S/C13H23N3/c1-11(12-8-15-16(3)9-12)14-10-13(2)6-4-5-7-13/h8-9,11,14H,4-7,10H2,1-3H3. The van der Waals surface area contributed by atoms with E-state index in [1.807, 2.05) is 17.9 Å². The van der Waals surface area contributed by atoms with Gasteiger partial charge in [0.15, 0.2) is 0 Å². The maximum atomic E-state index is 4.21. The van der Waals surface area contributed by atoms with Gasteiger partial charge in [-0.2, -0.15) is 5.10 Å². The number of aromatic nitrogens is 2. The molecule has 1 fully saturated rings. The van der Waals surface area contributed by atoms with E-state index < -0.39 is 0 Å². The van der Waals surface area contributed by atoms with Crippen molar-refractivity contribution >= 4 is 0 Å². The number of aryl methyl sites for hydroxylation is 1. The van der Waals surface area contributed by atoms with Gasteiger partial charge < -0.3 is 5.32 Å². The summed E-state index contributed by atoms with van der Waals surface area (Å²) in [6.07, 6.45) is 9.60. The molecule has 1 unspecified atom stereocenters. The van der Waals surface area contributed by atoms with Gasteiger partial charge in [-0.25, -0.2) is 0 Å². The van der Waals surface area contributed by atoms with E-state index in [2.05, 4.69) is 30.5 Å². The second kappa shape index (κ2) is 4.58. The highest BCUT2D eigenvalue weighted by atomic mass is 15.2. The van der Waals surface area contributed by atoms with Crippen LogP contribution in [0.1, 0.15) is 51.1 Å². The van der Waals surface area contributed by atoms with E-state index in [4.69, 9.17) is 0 Å². The second-order valence-corrected chi connectivity index (χ2v) is 5.57. The summed E-state index contributed by atoms with van der Waals surface area (Å²) in [5.41, 5.74) is 1.81. The van der Waals surface area contributed by atoms with Crippen molar-refractivity contribution in [3.8, 4) is 0 Å². The Morgan fingerprint density at radius 1 is 1.50 bits per heavy atom. The maximum absolute atomic E-state index is 4.21. The molecule has 0 aliphatic heterocycles. The molecule has 0 bridgehead atoms. The summed E-state index contributed by atoms with van der Waals surface area (Å²) in [7, 11) is 1.97. The van der Waals surface area contributed by atoms with Crippen LogP contribution in [0, 0.1) is 5.41 Å². The Morgan fingerprint density at radius 3 is 2.75 bits per heavy atom. The SMILES string of the molecule is CC(NCC1(C)CCCC1)c1cnn(C)c1. The highest BCUT2D eigenvalue weighted by Gasteiger charge is 2.28. The monoisotopic (exact) mass is 221 g/mol. The van der Waals surface area contributed by atoms with Gasteiger partial charge in [-0.1, -0.05) is 19.8 Å². The Kier molecular flexibility index (Phi) is 3.33. The molecule has 1 aliphatic carbocycles. The molecule has 1 atom stereocenters. The lowest BCUT2D eigenvalue weighted by Crippen LogP contribution is -2.31. The Hall–Kier alpha value is -0.830. The zero-order valence-corrected chi connectivity index (χ0v) is 10.7. The van der Waals surface area contributed by atoms with Crippen molar-refractivity contribution in [2.75, 3.05) is 6.54 Å². The van der Waals surface area contributed by atoms with Crippen LogP contribution in [-0.4, -0.2) is 16.3 Å². The van der Waals surface area contributed by atoms with Crippen molar-refractivity contribution in [2.24, 2.45) is 12.5 Å². The summed E-state index contributed by atoms with van der Waals surface area (Å²) in [4.78, 5) is 0. The summed E-state index contributed by atoms with van der Waals surface area (Å²) in [5, 5.41) is 7.85. The highest BCUT2D eigenvalue weighted by Crippen LogP contribution is 2.37. The number of hydrogen-bond donors (Lipinski definition) is 1. The van der Waals surface area contributed by atoms with E-state index >= 15 is 0 Å². The first-order valence-electron chi connectivity index (χ1n) is 6.31. The lowest BCUT2D eigenvalue weighted by molar-refractivity contribution is 0.302. The molecule has 0 saturated heterocycles. The molecule has 1 saturated carbocycles. The minimum absolute atomic E-state index is 0.408. The summed E-state index contributed by atoms with van der Waals surface area (Å²) in [6, 6.07) is 0.408. The molecule has 0 amide bonds. The summed E-state index contributed by atoms with van der Waals surface area (Å²) >= 11 is 0. The van der Waals surface area contributed by atoms with Crippen LogP contribution in [0.2, 0.25) is 0 Å². The fraction of sp³-hybridized carbons (Fsp3) is 0.769. The Morgan fingerprint density at radius 2 is 2.19 bits per heavy atom. The van der Waals surface area contributed by atoms with Crippen LogP contribution in [0.4, 0.5) is 0 Å². The maximum Gasteiger partial charge on any atom is 0.0537 e. The van der Waals surface area contributed by atoms with Crippen LogP contribution in [0.25, 0.3) is 0 Å². The van der Waals surface area contributed by atoms with Gasteiger partial charge in [-0.3, -0.25) is 4.68 Å². The molecule has 1 N–H and O–H groups in total. The van der Waals surface area contributed by atoms with Crippen LogP contribution < -0.4 is 5.32 Å². The van der Waals surface area contributed by atoms with Crippen LogP contribution >= 0.6 is 0 Å². The third-order valence-corrected chi connectivity index (χ3v) is 3.87. The molecular formula is C13H23N3. The Balaban J connectivity index is 1.86. The van der Waals surface area contributed by atoms with Gasteiger partial charge in [-0.15, -0.1) is 0 Å². The topological polar surface area (TPSA) is 29.9 Å². The molecule has 3 heteroatoms. The van der Waals surface area contributed by atoms with Gasteiger partial charge >= 0.3 is 0 Å². The largest absolute Gasteiger partial charge is 0.310 e. The van der Waals surface area contributed by atoms with Gasteiger partial charge in [-0.05, 0) is 25.2 Å². The number of hydrogen-bond acceptors (Lipinski definition) is 2. The fourth-order valence-electron chi connectivity index (χ4n) is 2.59. The minimum Gasteiger partial charge on any atom is -0.310 e. The molecule has 0 radical (unpaired) electrons. The molecule has 1 heterocycles. The van der Waals surface area contributed by atoms with Crippen molar-refractivity contribution in [1.82, 2.24) is 15.1 Å². The van der Waals surface area contributed by atoms with Gasteiger partial charge in [0, 0.05) is 31.4 Å². The quantitative estimate of drug-likeness (QED) is 0.847. The summed E-state index contributed by atoms with van der Waals surface area (Å²) in [6.45, 7) is 5.75. The van der Waals surface area contributed by atoms with E-state index in [9.17, 15) is 0 Å². The first kappa shape index (κ1) is 11.6. The van der Waals surface area contributed by atoms with Crippen molar-refractivity contribution in [1.29, 1.82) is 0 Å². The summed E-state index contributed by atoms with van der Waals surface area (Å²) in [5.74, 6) is 0.